The molecule has 0 aromatic heterocycles. The monoisotopic (exact) mass is 405 g/mol. The molecule has 0 aliphatic heterocycles. The van der Waals surface area contributed by atoms with Crippen LogP contribution < -0.4 is 10.1 Å². The molecule has 0 spiro atoms. The Morgan fingerprint density at radius 2 is 1.75 bits per heavy atom. The maximum Gasteiger partial charge on any atom is 0.261 e. The van der Waals surface area contributed by atoms with Crippen molar-refractivity contribution in [3.63, 3.8) is 0 Å². The number of carbonyl (C=O) groups excluding carboxylic acids is 1. The predicted molar refractivity (Wildman–Crippen MR) is 99.6 cm³/mol. The molecule has 0 fully saturated rings. The van der Waals surface area contributed by atoms with Gasteiger partial charge in [-0.25, -0.2) is 0 Å². The van der Waals surface area contributed by atoms with E-state index < -0.39 is 6.10 Å². The number of carbonyl (C=O) groups is 1. The summed E-state index contributed by atoms with van der Waals surface area (Å²) in [6.45, 7) is 3.45. The zero-order chi connectivity index (χ0) is 17.9. The van der Waals surface area contributed by atoms with Crippen molar-refractivity contribution in [3.8, 4) is 5.75 Å². The second kappa shape index (κ2) is 8.30. The highest BCUT2D eigenvalue weighted by atomic mass is 35.5. The average Bonchev–Trinajstić information content (AvgIpc) is 2.51. The number of halogens is 4. The van der Waals surface area contributed by atoms with E-state index in [-0.39, 0.29) is 17.0 Å². The van der Waals surface area contributed by atoms with Gasteiger partial charge in [-0.05, 0) is 43.7 Å². The summed E-state index contributed by atoms with van der Waals surface area (Å²) in [5, 5.41) is 4.50. The van der Waals surface area contributed by atoms with E-state index in [1.807, 2.05) is 6.92 Å². The van der Waals surface area contributed by atoms with Gasteiger partial charge in [0.05, 0.1) is 11.1 Å². The number of ether oxygens (including phenoxy) is 1. The predicted octanol–water partition coefficient (Wildman–Crippen LogP) is 5.94. The average molecular weight is 407 g/mol. The molecule has 0 aliphatic carbocycles. The van der Waals surface area contributed by atoms with E-state index >= 15 is 0 Å². The number of rotatable bonds is 5. The van der Waals surface area contributed by atoms with Crippen LogP contribution in [-0.2, 0) is 4.79 Å². The Bertz CT molecular complexity index is 751. The quantitative estimate of drug-likeness (QED) is 0.666. The molecule has 0 saturated carbocycles. The van der Waals surface area contributed by atoms with E-state index in [9.17, 15) is 4.79 Å². The molecule has 0 bridgehead atoms. The molecule has 2 rings (SSSR count). The van der Waals surface area contributed by atoms with Gasteiger partial charge in [-0.1, -0.05) is 58.5 Å². The lowest BCUT2D eigenvalue weighted by Gasteiger charge is -2.20. The molecule has 128 valence electrons. The Morgan fingerprint density at radius 1 is 1.04 bits per heavy atom. The van der Waals surface area contributed by atoms with Gasteiger partial charge in [0.15, 0.2) is 6.10 Å². The van der Waals surface area contributed by atoms with Crippen molar-refractivity contribution in [1.82, 2.24) is 5.32 Å². The number of hydrogen-bond acceptors (Lipinski definition) is 2. The van der Waals surface area contributed by atoms with E-state index in [1.165, 1.54) is 0 Å². The first-order valence-electron chi connectivity index (χ1n) is 7.15. The Morgan fingerprint density at radius 3 is 2.42 bits per heavy atom. The molecule has 1 N–H and O–H groups in total. The van der Waals surface area contributed by atoms with Gasteiger partial charge in [0.25, 0.3) is 5.91 Å². The van der Waals surface area contributed by atoms with Gasteiger partial charge in [0.1, 0.15) is 10.8 Å². The Balaban J connectivity index is 2.04. The molecule has 2 atom stereocenters. The summed E-state index contributed by atoms with van der Waals surface area (Å²) in [7, 11) is 0. The van der Waals surface area contributed by atoms with Crippen LogP contribution in [0.15, 0.2) is 36.4 Å². The SMILES string of the molecule is C[C@@H](Oc1cccc(Cl)c1Cl)C(=O)N[C@H](C)c1ccc(Cl)cc1Cl. The minimum absolute atomic E-state index is 0.271. The summed E-state index contributed by atoms with van der Waals surface area (Å²) in [6.07, 6.45) is -0.755. The standard InChI is InChI=1S/C17H15Cl4NO2/c1-9(12-7-6-11(18)8-14(12)20)22-17(23)10(2)24-15-5-3-4-13(19)16(15)21/h3-10H,1-2H3,(H,22,23)/t9-,10-/m1/s1. The Hall–Kier alpha value is -1.13. The van der Waals surface area contributed by atoms with Gasteiger partial charge >= 0.3 is 0 Å². The topological polar surface area (TPSA) is 38.3 Å². The molecule has 7 heteroatoms. The first kappa shape index (κ1) is 19.2. The Labute approximate surface area is 160 Å². The summed E-state index contributed by atoms with van der Waals surface area (Å²) in [5.74, 6) is 0.0496. The molecule has 0 unspecified atom stereocenters. The lowest BCUT2D eigenvalue weighted by atomic mass is 10.1. The van der Waals surface area contributed by atoms with E-state index in [0.717, 1.165) is 5.56 Å². The third kappa shape index (κ3) is 4.70. The van der Waals surface area contributed by atoms with Gasteiger partial charge in [0, 0.05) is 10.0 Å². The van der Waals surface area contributed by atoms with Crippen molar-refractivity contribution in [1.29, 1.82) is 0 Å². The molecule has 2 aromatic rings. The van der Waals surface area contributed by atoms with E-state index in [0.29, 0.717) is 20.8 Å². The molecule has 2 aromatic carbocycles. The molecule has 0 heterocycles. The van der Waals surface area contributed by atoms with Crippen LogP contribution in [0, 0.1) is 0 Å². The van der Waals surface area contributed by atoms with Crippen molar-refractivity contribution >= 4 is 52.3 Å². The van der Waals surface area contributed by atoms with Gasteiger partial charge < -0.3 is 10.1 Å². The lowest BCUT2D eigenvalue weighted by Crippen LogP contribution is -2.37. The maximum atomic E-state index is 12.3. The molecule has 24 heavy (non-hydrogen) atoms. The van der Waals surface area contributed by atoms with Crippen LogP contribution in [0.5, 0.6) is 5.75 Å². The van der Waals surface area contributed by atoms with Gasteiger partial charge in [-0.15, -0.1) is 0 Å². The third-order valence-corrected chi connectivity index (χ3v) is 4.74. The largest absolute Gasteiger partial charge is 0.479 e. The summed E-state index contributed by atoms with van der Waals surface area (Å²) < 4.78 is 5.59. The Kier molecular flexibility index (Phi) is 6.64. The van der Waals surface area contributed by atoms with Crippen molar-refractivity contribution < 1.29 is 9.53 Å². The summed E-state index contributed by atoms with van der Waals surface area (Å²) >= 11 is 24.0. The van der Waals surface area contributed by atoms with E-state index in [4.69, 9.17) is 51.1 Å². The third-order valence-electron chi connectivity index (χ3n) is 3.38. The van der Waals surface area contributed by atoms with Crippen molar-refractivity contribution in [2.24, 2.45) is 0 Å². The zero-order valence-electron chi connectivity index (χ0n) is 12.9. The van der Waals surface area contributed by atoms with Crippen molar-refractivity contribution in [2.75, 3.05) is 0 Å². The fourth-order valence-corrected chi connectivity index (χ4v) is 2.99. The van der Waals surface area contributed by atoms with E-state index in [2.05, 4.69) is 5.32 Å². The van der Waals surface area contributed by atoms with Crippen LogP contribution in [0.1, 0.15) is 25.5 Å². The first-order chi connectivity index (χ1) is 11.3. The highest BCUT2D eigenvalue weighted by molar-refractivity contribution is 6.42. The molecule has 1 amide bonds. The molecular weight excluding hydrogens is 392 g/mol. The second-order valence-electron chi connectivity index (χ2n) is 5.21. The van der Waals surface area contributed by atoms with Crippen LogP contribution in [0.4, 0.5) is 0 Å². The fraction of sp³-hybridized carbons (Fsp3) is 0.235. The molecule has 0 aliphatic rings. The van der Waals surface area contributed by atoms with Crippen LogP contribution >= 0.6 is 46.4 Å². The zero-order valence-corrected chi connectivity index (χ0v) is 16.0. The summed E-state index contributed by atoms with van der Waals surface area (Å²) in [4.78, 5) is 12.3. The highest BCUT2D eigenvalue weighted by Crippen LogP contribution is 2.32. The highest BCUT2D eigenvalue weighted by Gasteiger charge is 2.20. The van der Waals surface area contributed by atoms with Crippen molar-refractivity contribution in [3.05, 3.63) is 62.1 Å². The number of benzene rings is 2. The molecule has 0 saturated heterocycles. The normalized spacial score (nSPS) is 13.2. The summed E-state index contributed by atoms with van der Waals surface area (Å²) in [6, 6.07) is 9.82. The van der Waals surface area contributed by atoms with E-state index in [1.54, 1.807) is 43.3 Å². The number of hydrogen-bond donors (Lipinski definition) is 1. The molecular formula is C17H15Cl4NO2. The molecule has 0 radical (unpaired) electrons. The number of amides is 1. The minimum Gasteiger partial charge on any atom is -0.479 e. The smallest absolute Gasteiger partial charge is 0.261 e. The molecule has 3 nitrogen and oxygen atoms in total. The minimum atomic E-state index is -0.755. The van der Waals surface area contributed by atoms with Gasteiger partial charge in [-0.3, -0.25) is 4.79 Å². The van der Waals surface area contributed by atoms with Crippen LogP contribution in [0.2, 0.25) is 20.1 Å². The van der Waals surface area contributed by atoms with Crippen molar-refractivity contribution in [2.45, 2.75) is 26.0 Å². The summed E-state index contributed by atoms with van der Waals surface area (Å²) in [5.41, 5.74) is 0.766. The fourth-order valence-electron chi connectivity index (χ4n) is 2.08. The van der Waals surface area contributed by atoms with Crippen LogP contribution in [0.25, 0.3) is 0 Å². The van der Waals surface area contributed by atoms with Gasteiger partial charge in [-0.2, -0.15) is 0 Å². The number of nitrogens with one attached hydrogen (secondary N) is 1. The maximum absolute atomic E-state index is 12.3. The first-order valence-corrected chi connectivity index (χ1v) is 8.66. The second-order valence-corrected chi connectivity index (χ2v) is 6.84. The van der Waals surface area contributed by atoms with Gasteiger partial charge in [0.2, 0.25) is 0 Å². The van der Waals surface area contributed by atoms with Crippen LogP contribution in [0.3, 0.4) is 0 Å². The van der Waals surface area contributed by atoms with Crippen LogP contribution in [-0.4, -0.2) is 12.0 Å². The lowest BCUT2D eigenvalue weighted by molar-refractivity contribution is -0.127.